The standard InChI is InChI=1S/C14H19NO3/c1-14(2,9-16)8-15-13(17)10-3-4-11-6-18-7-12(11)5-10/h3-5,16H,6-9H2,1-2H3,(H,15,17). The van der Waals surface area contributed by atoms with Gasteiger partial charge >= 0.3 is 0 Å². The summed E-state index contributed by atoms with van der Waals surface area (Å²) in [5.41, 5.74) is 2.59. The van der Waals surface area contributed by atoms with Crippen molar-refractivity contribution in [3.8, 4) is 0 Å². The first kappa shape index (κ1) is 13.1. The Morgan fingerprint density at radius 2 is 2.11 bits per heavy atom. The average Bonchev–Trinajstić information content (AvgIpc) is 2.83. The Hall–Kier alpha value is -1.39. The first-order valence-electron chi connectivity index (χ1n) is 6.10. The largest absolute Gasteiger partial charge is 0.396 e. The molecular formula is C14H19NO3. The number of aliphatic hydroxyl groups is 1. The van der Waals surface area contributed by atoms with Crippen LogP contribution in [0.5, 0.6) is 0 Å². The van der Waals surface area contributed by atoms with E-state index in [0.717, 1.165) is 11.1 Å². The monoisotopic (exact) mass is 249 g/mol. The second-order valence-corrected chi connectivity index (χ2v) is 5.48. The molecule has 18 heavy (non-hydrogen) atoms. The van der Waals surface area contributed by atoms with E-state index < -0.39 is 0 Å². The lowest BCUT2D eigenvalue weighted by molar-refractivity contribution is 0.0911. The molecule has 98 valence electrons. The molecule has 0 radical (unpaired) electrons. The number of rotatable bonds is 4. The summed E-state index contributed by atoms with van der Waals surface area (Å²) in [5.74, 6) is -0.105. The van der Waals surface area contributed by atoms with Crippen LogP contribution in [-0.4, -0.2) is 24.2 Å². The van der Waals surface area contributed by atoms with Crippen LogP contribution < -0.4 is 5.32 Å². The molecule has 4 heteroatoms. The zero-order chi connectivity index (χ0) is 13.2. The minimum atomic E-state index is -0.296. The molecule has 1 heterocycles. The summed E-state index contributed by atoms with van der Waals surface area (Å²) in [6.07, 6.45) is 0. The van der Waals surface area contributed by atoms with Gasteiger partial charge in [-0.25, -0.2) is 0 Å². The quantitative estimate of drug-likeness (QED) is 0.849. The highest BCUT2D eigenvalue weighted by atomic mass is 16.5. The zero-order valence-corrected chi connectivity index (χ0v) is 10.8. The molecule has 0 fully saturated rings. The number of ether oxygens (including phenoxy) is 1. The fourth-order valence-electron chi connectivity index (χ4n) is 1.79. The van der Waals surface area contributed by atoms with Crippen molar-refractivity contribution < 1.29 is 14.6 Å². The van der Waals surface area contributed by atoms with Crippen molar-refractivity contribution in [2.45, 2.75) is 27.1 Å². The Bertz CT molecular complexity index is 454. The van der Waals surface area contributed by atoms with E-state index in [1.54, 1.807) is 0 Å². The van der Waals surface area contributed by atoms with Gasteiger partial charge in [0.25, 0.3) is 5.91 Å². The fraction of sp³-hybridized carbons (Fsp3) is 0.500. The maximum Gasteiger partial charge on any atom is 0.251 e. The Labute approximate surface area is 107 Å². The van der Waals surface area contributed by atoms with Crippen LogP contribution in [0, 0.1) is 5.41 Å². The van der Waals surface area contributed by atoms with Gasteiger partial charge in [0.15, 0.2) is 0 Å². The second kappa shape index (κ2) is 5.08. The first-order valence-corrected chi connectivity index (χ1v) is 6.10. The molecule has 0 unspecified atom stereocenters. The van der Waals surface area contributed by atoms with Gasteiger partial charge < -0.3 is 15.2 Å². The highest BCUT2D eigenvalue weighted by Crippen LogP contribution is 2.21. The third-order valence-corrected chi connectivity index (χ3v) is 3.14. The molecule has 0 saturated heterocycles. The van der Waals surface area contributed by atoms with E-state index in [0.29, 0.717) is 25.3 Å². The zero-order valence-electron chi connectivity index (χ0n) is 10.8. The number of amides is 1. The summed E-state index contributed by atoms with van der Waals surface area (Å²) >= 11 is 0. The lowest BCUT2D eigenvalue weighted by Gasteiger charge is -2.21. The third kappa shape index (κ3) is 2.89. The lowest BCUT2D eigenvalue weighted by Crippen LogP contribution is -2.36. The van der Waals surface area contributed by atoms with Crippen LogP contribution >= 0.6 is 0 Å². The summed E-state index contributed by atoms with van der Waals surface area (Å²) in [5, 5.41) is 12.0. The van der Waals surface area contributed by atoms with Gasteiger partial charge in [-0.1, -0.05) is 19.9 Å². The molecule has 2 N–H and O–H groups in total. The predicted octanol–water partition coefficient (Wildman–Crippen LogP) is 1.47. The maximum absolute atomic E-state index is 12.0. The molecular weight excluding hydrogens is 230 g/mol. The Morgan fingerprint density at radius 1 is 1.39 bits per heavy atom. The van der Waals surface area contributed by atoms with Gasteiger partial charge in [0.1, 0.15) is 0 Å². The number of benzene rings is 1. The van der Waals surface area contributed by atoms with Crippen LogP contribution in [0.4, 0.5) is 0 Å². The van der Waals surface area contributed by atoms with Crippen LogP contribution in [0.25, 0.3) is 0 Å². The summed E-state index contributed by atoms with van der Waals surface area (Å²) in [6.45, 7) is 5.53. The lowest BCUT2D eigenvalue weighted by atomic mass is 9.95. The highest BCUT2D eigenvalue weighted by molar-refractivity contribution is 5.94. The van der Waals surface area contributed by atoms with Crippen molar-refractivity contribution in [2.75, 3.05) is 13.2 Å². The summed E-state index contributed by atoms with van der Waals surface area (Å²) in [7, 11) is 0. The van der Waals surface area contributed by atoms with Crippen molar-refractivity contribution in [3.05, 3.63) is 34.9 Å². The Morgan fingerprint density at radius 3 is 2.83 bits per heavy atom. The van der Waals surface area contributed by atoms with Crippen molar-refractivity contribution in [2.24, 2.45) is 5.41 Å². The maximum atomic E-state index is 12.0. The van der Waals surface area contributed by atoms with Crippen LogP contribution in [-0.2, 0) is 18.0 Å². The van der Waals surface area contributed by atoms with Crippen LogP contribution in [0.1, 0.15) is 35.3 Å². The van der Waals surface area contributed by atoms with Crippen molar-refractivity contribution in [1.82, 2.24) is 5.32 Å². The molecule has 1 amide bonds. The molecule has 0 saturated carbocycles. The molecule has 2 rings (SSSR count). The highest BCUT2D eigenvalue weighted by Gasteiger charge is 2.19. The number of fused-ring (bicyclic) bond motifs is 1. The molecule has 0 atom stereocenters. The topological polar surface area (TPSA) is 58.6 Å². The molecule has 1 aromatic carbocycles. The number of hydrogen-bond acceptors (Lipinski definition) is 3. The number of carbonyl (C=O) groups excluding carboxylic acids is 1. The molecule has 0 bridgehead atoms. The van der Waals surface area contributed by atoms with E-state index in [1.165, 1.54) is 0 Å². The minimum Gasteiger partial charge on any atom is -0.396 e. The van der Waals surface area contributed by atoms with Crippen LogP contribution in [0.3, 0.4) is 0 Å². The van der Waals surface area contributed by atoms with Gasteiger partial charge in [-0.05, 0) is 23.3 Å². The Kier molecular flexibility index (Phi) is 3.68. The SMILES string of the molecule is CC(C)(CO)CNC(=O)c1ccc2c(c1)COC2. The third-order valence-electron chi connectivity index (χ3n) is 3.14. The predicted molar refractivity (Wildman–Crippen MR) is 68.1 cm³/mol. The first-order chi connectivity index (χ1) is 8.52. The molecule has 0 spiro atoms. The summed E-state index contributed by atoms with van der Waals surface area (Å²) < 4.78 is 5.32. The number of hydrogen-bond donors (Lipinski definition) is 2. The number of carbonyl (C=O) groups is 1. The van der Waals surface area contributed by atoms with Crippen molar-refractivity contribution in [3.63, 3.8) is 0 Å². The summed E-state index contributed by atoms with van der Waals surface area (Å²) in [4.78, 5) is 12.0. The van der Waals surface area contributed by atoms with E-state index in [4.69, 9.17) is 9.84 Å². The fourth-order valence-corrected chi connectivity index (χ4v) is 1.79. The number of nitrogens with one attached hydrogen (secondary N) is 1. The molecule has 1 aliphatic heterocycles. The van der Waals surface area contributed by atoms with E-state index in [-0.39, 0.29) is 17.9 Å². The minimum absolute atomic E-state index is 0.0469. The van der Waals surface area contributed by atoms with Gasteiger partial charge in [0, 0.05) is 24.1 Å². The molecule has 4 nitrogen and oxygen atoms in total. The molecule has 0 aromatic heterocycles. The molecule has 0 aliphatic carbocycles. The molecule has 1 aliphatic rings. The van der Waals surface area contributed by atoms with E-state index in [9.17, 15) is 4.79 Å². The number of aliphatic hydroxyl groups excluding tert-OH is 1. The van der Waals surface area contributed by atoms with Crippen LogP contribution in [0.2, 0.25) is 0 Å². The van der Waals surface area contributed by atoms with Crippen molar-refractivity contribution in [1.29, 1.82) is 0 Å². The van der Waals surface area contributed by atoms with Gasteiger partial charge in [-0.15, -0.1) is 0 Å². The van der Waals surface area contributed by atoms with Gasteiger partial charge in [0.2, 0.25) is 0 Å². The normalized spacial score (nSPS) is 14.4. The van der Waals surface area contributed by atoms with E-state index >= 15 is 0 Å². The Balaban J connectivity index is 2.01. The van der Waals surface area contributed by atoms with Crippen molar-refractivity contribution >= 4 is 5.91 Å². The van der Waals surface area contributed by atoms with Gasteiger partial charge in [0.05, 0.1) is 13.2 Å². The van der Waals surface area contributed by atoms with Gasteiger partial charge in [-0.3, -0.25) is 4.79 Å². The molecule has 1 aromatic rings. The van der Waals surface area contributed by atoms with Crippen LogP contribution in [0.15, 0.2) is 18.2 Å². The summed E-state index contributed by atoms with van der Waals surface area (Å²) in [6, 6.07) is 5.63. The second-order valence-electron chi connectivity index (χ2n) is 5.48. The average molecular weight is 249 g/mol. The van der Waals surface area contributed by atoms with E-state index in [1.807, 2.05) is 32.0 Å². The smallest absolute Gasteiger partial charge is 0.251 e. The van der Waals surface area contributed by atoms with Gasteiger partial charge in [-0.2, -0.15) is 0 Å². The van der Waals surface area contributed by atoms with E-state index in [2.05, 4.69) is 5.32 Å².